The summed E-state index contributed by atoms with van der Waals surface area (Å²) >= 11 is 6.70. The molecule has 0 fully saturated rings. The lowest BCUT2D eigenvalue weighted by atomic mass is 10.0. The molecule has 1 rings (SSSR count). The molecule has 0 unspecified atom stereocenters. The average Bonchev–Trinajstić information content (AvgIpc) is 2.72. The number of carboxylic acids is 1. The lowest BCUT2D eigenvalue weighted by Gasteiger charge is -2.19. The van der Waals surface area contributed by atoms with Gasteiger partial charge in [0.15, 0.2) is 4.21 Å². The molecule has 8 heteroatoms. The smallest absolute Gasteiger partial charge is 0.322 e. The van der Waals surface area contributed by atoms with Gasteiger partial charge in [0.05, 0.1) is 5.02 Å². The van der Waals surface area contributed by atoms with Crippen LogP contribution in [0, 0.1) is 5.92 Å². The zero-order valence-electron chi connectivity index (χ0n) is 9.88. The van der Waals surface area contributed by atoms with Crippen molar-refractivity contribution in [2.45, 2.75) is 30.5 Å². The topological polar surface area (TPSA) is 83.5 Å². The molecule has 0 spiro atoms. The van der Waals surface area contributed by atoms with Crippen molar-refractivity contribution in [2.75, 3.05) is 0 Å². The number of aliphatic carboxylic acids is 1. The van der Waals surface area contributed by atoms with Gasteiger partial charge in [-0.3, -0.25) is 4.79 Å². The molecule has 0 saturated heterocycles. The van der Waals surface area contributed by atoms with E-state index in [-0.39, 0.29) is 15.1 Å². The Labute approximate surface area is 115 Å². The molecule has 102 valence electrons. The fourth-order valence-corrected chi connectivity index (χ4v) is 4.34. The summed E-state index contributed by atoms with van der Waals surface area (Å²) in [5.74, 6) is -1.50. The second-order valence-corrected chi connectivity index (χ2v) is 7.11. The number of carboxylic acid groups (broad SMARTS) is 1. The van der Waals surface area contributed by atoms with Gasteiger partial charge in [-0.05, 0) is 17.4 Å². The summed E-state index contributed by atoms with van der Waals surface area (Å²) in [5, 5.41) is 10.7. The van der Waals surface area contributed by atoms with Crippen LogP contribution in [0.25, 0.3) is 0 Å². The molecule has 0 aliphatic carbocycles. The van der Waals surface area contributed by atoms with Crippen LogP contribution in [0.2, 0.25) is 5.02 Å². The number of hydrogen-bond acceptors (Lipinski definition) is 4. The Balaban J connectivity index is 3.01. The minimum atomic E-state index is -3.89. The lowest BCUT2D eigenvalue weighted by molar-refractivity contribution is -0.140. The number of hydrogen-bond donors (Lipinski definition) is 2. The van der Waals surface area contributed by atoms with Crippen LogP contribution in [0.3, 0.4) is 0 Å². The van der Waals surface area contributed by atoms with E-state index in [1.54, 1.807) is 13.8 Å². The number of nitrogens with one attached hydrogen (secondary N) is 1. The van der Waals surface area contributed by atoms with E-state index in [1.165, 1.54) is 11.4 Å². The summed E-state index contributed by atoms with van der Waals surface area (Å²) < 4.78 is 26.1. The van der Waals surface area contributed by atoms with E-state index in [1.807, 2.05) is 0 Å². The minimum absolute atomic E-state index is 0.0567. The van der Waals surface area contributed by atoms with Crippen molar-refractivity contribution in [2.24, 2.45) is 5.92 Å². The van der Waals surface area contributed by atoms with E-state index >= 15 is 0 Å². The predicted molar refractivity (Wildman–Crippen MR) is 70.5 cm³/mol. The third-order valence-corrected chi connectivity index (χ3v) is 6.05. The first-order chi connectivity index (χ1) is 8.29. The summed E-state index contributed by atoms with van der Waals surface area (Å²) in [5.41, 5.74) is 0. The lowest BCUT2D eigenvalue weighted by Crippen LogP contribution is -2.44. The normalized spacial score (nSPS) is 15.3. The van der Waals surface area contributed by atoms with E-state index in [4.69, 9.17) is 16.7 Å². The third kappa shape index (κ3) is 3.44. The van der Waals surface area contributed by atoms with Gasteiger partial charge in [0.25, 0.3) is 10.0 Å². The van der Waals surface area contributed by atoms with E-state index in [2.05, 4.69) is 4.72 Å². The highest BCUT2D eigenvalue weighted by molar-refractivity contribution is 7.91. The van der Waals surface area contributed by atoms with Crippen LogP contribution < -0.4 is 4.72 Å². The van der Waals surface area contributed by atoms with E-state index in [0.717, 1.165) is 11.3 Å². The van der Waals surface area contributed by atoms with Crippen molar-refractivity contribution in [1.29, 1.82) is 0 Å². The molecule has 5 nitrogen and oxygen atoms in total. The van der Waals surface area contributed by atoms with Crippen LogP contribution in [-0.2, 0) is 14.8 Å². The predicted octanol–water partition coefficient (Wildman–Crippen LogP) is 2.18. The van der Waals surface area contributed by atoms with Crippen LogP contribution >= 0.6 is 22.9 Å². The van der Waals surface area contributed by atoms with Gasteiger partial charge in [-0.25, -0.2) is 8.42 Å². The van der Waals surface area contributed by atoms with Gasteiger partial charge in [0, 0.05) is 0 Å². The summed E-state index contributed by atoms with van der Waals surface area (Å²) in [6.07, 6.45) is 0.553. The zero-order chi connectivity index (χ0) is 13.9. The molecule has 0 bridgehead atoms. The molecule has 1 heterocycles. The minimum Gasteiger partial charge on any atom is -0.480 e. The highest BCUT2D eigenvalue weighted by atomic mass is 35.5. The molecule has 0 aromatic carbocycles. The maximum absolute atomic E-state index is 12.0. The summed E-state index contributed by atoms with van der Waals surface area (Å²) in [7, 11) is -3.89. The summed E-state index contributed by atoms with van der Waals surface area (Å²) in [6.45, 7) is 3.48. The molecule has 0 aliphatic heterocycles. The standard InChI is InChI=1S/C10H14ClNO4S2/c1-3-6(2)8(9(13)14)12-18(15,16)10-7(11)4-5-17-10/h4-6,8,12H,3H2,1-2H3,(H,13,14)/t6-,8-/m0/s1. The van der Waals surface area contributed by atoms with Gasteiger partial charge < -0.3 is 5.11 Å². The molecular weight excluding hydrogens is 298 g/mol. The second-order valence-electron chi connectivity index (χ2n) is 3.88. The first-order valence-electron chi connectivity index (χ1n) is 5.27. The molecule has 18 heavy (non-hydrogen) atoms. The molecular formula is C10H14ClNO4S2. The highest BCUT2D eigenvalue weighted by Crippen LogP contribution is 2.27. The van der Waals surface area contributed by atoms with Gasteiger partial charge in [-0.15, -0.1) is 11.3 Å². The number of rotatable bonds is 6. The maximum Gasteiger partial charge on any atom is 0.322 e. The monoisotopic (exact) mass is 311 g/mol. The summed E-state index contributed by atoms with van der Waals surface area (Å²) in [6, 6.07) is 0.304. The summed E-state index contributed by atoms with van der Waals surface area (Å²) in [4.78, 5) is 11.1. The third-order valence-electron chi connectivity index (χ3n) is 2.59. The number of thiophene rings is 1. The van der Waals surface area contributed by atoms with E-state index in [0.29, 0.717) is 6.42 Å². The molecule has 1 aromatic heterocycles. The Kier molecular flexibility index (Phi) is 5.15. The maximum atomic E-state index is 12.0. The van der Waals surface area contributed by atoms with Crippen LogP contribution in [0.5, 0.6) is 0 Å². The van der Waals surface area contributed by atoms with Crippen LogP contribution in [0.4, 0.5) is 0 Å². The first kappa shape index (κ1) is 15.4. The van der Waals surface area contributed by atoms with Crippen molar-refractivity contribution in [3.05, 3.63) is 16.5 Å². The van der Waals surface area contributed by atoms with Crippen molar-refractivity contribution in [3.63, 3.8) is 0 Å². The molecule has 0 saturated carbocycles. The molecule has 2 N–H and O–H groups in total. The van der Waals surface area contributed by atoms with E-state index in [9.17, 15) is 13.2 Å². The second kappa shape index (κ2) is 6.01. The Morgan fingerprint density at radius 1 is 1.61 bits per heavy atom. The fraction of sp³-hybridized carbons (Fsp3) is 0.500. The van der Waals surface area contributed by atoms with Gasteiger partial charge in [0.1, 0.15) is 6.04 Å². The number of carbonyl (C=O) groups is 1. The largest absolute Gasteiger partial charge is 0.480 e. The Hall–Kier alpha value is -0.630. The average molecular weight is 312 g/mol. The van der Waals surface area contributed by atoms with Gasteiger partial charge >= 0.3 is 5.97 Å². The fourth-order valence-electron chi connectivity index (χ4n) is 1.34. The first-order valence-corrected chi connectivity index (χ1v) is 8.01. The van der Waals surface area contributed by atoms with Crippen molar-refractivity contribution in [3.8, 4) is 0 Å². The van der Waals surface area contributed by atoms with Gasteiger partial charge in [0.2, 0.25) is 0 Å². The molecule has 0 amide bonds. The van der Waals surface area contributed by atoms with E-state index < -0.39 is 22.0 Å². The van der Waals surface area contributed by atoms with Crippen molar-refractivity contribution >= 4 is 38.9 Å². The zero-order valence-corrected chi connectivity index (χ0v) is 12.3. The Bertz CT molecular complexity index is 526. The Morgan fingerprint density at radius 3 is 2.61 bits per heavy atom. The SMILES string of the molecule is CC[C@H](C)[C@H](NS(=O)(=O)c1sccc1Cl)C(=O)O. The van der Waals surface area contributed by atoms with Gasteiger partial charge in [-0.1, -0.05) is 31.9 Å². The molecule has 0 radical (unpaired) electrons. The number of sulfonamides is 1. The van der Waals surface area contributed by atoms with Crippen LogP contribution in [0.1, 0.15) is 20.3 Å². The quantitative estimate of drug-likeness (QED) is 0.843. The van der Waals surface area contributed by atoms with Crippen LogP contribution in [-0.4, -0.2) is 25.5 Å². The van der Waals surface area contributed by atoms with Crippen molar-refractivity contribution in [1.82, 2.24) is 4.72 Å². The Morgan fingerprint density at radius 2 is 2.22 bits per heavy atom. The highest BCUT2D eigenvalue weighted by Gasteiger charge is 2.30. The molecule has 2 atom stereocenters. The number of halogens is 1. The van der Waals surface area contributed by atoms with Gasteiger partial charge in [-0.2, -0.15) is 4.72 Å². The van der Waals surface area contributed by atoms with Crippen molar-refractivity contribution < 1.29 is 18.3 Å². The molecule has 1 aromatic rings. The molecule has 0 aliphatic rings. The van der Waals surface area contributed by atoms with Crippen LogP contribution in [0.15, 0.2) is 15.7 Å².